The van der Waals surface area contributed by atoms with Crippen LogP contribution in [-0.4, -0.2) is 24.3 Å². The van der Waals surface area contributed by atoms with Gasteiger partial charge in [-0.15, -0.1) is 0 Å². The second-order valence-corrected chi connectivity index (χ2v) is 3.59. The first-order chi connectivity index (χ1) is 5.65. The molecular formula is C9H16O3. The van der Waals surface area contributed by atoms with Crippen molar-refractivity contribution in [2.45, 2.75) is 32.3 Å². The molecule has 0 heterocycles. The molecule has 0 aromatic carbocycles. The van der Waals surface area contributed by atoms with Crippen molar-refractivity contribution in [3.63, 3.8) is 0 Å². The monoisotopic (exact) mass is 172 g/mol. The van der Waals surface area contributed by atoms with Crippen LogP contribution in [0, 0.1) is 11.8 Å². The molecule has 1 fully saturated rings. The van der Waals surface area contributed by atoms with Crippen molar-refractivity contribution in [2.24, 2.45) is 11.8 Å². The van der Waals surface area contributed by atoms with Crippen LogP contribution in [0.1, 0.15) is 26.2 Å². The van der Waals surface area contributed by atoms with Crippen LogP contribution in [0.2, 0.25) is 0 Å². The first-order valence-corrected chi connectivity index (χ1v) is 4.40. The second kappa shape index (κ2) is 3.90. The highest BCUT2D eigenvalue weighted by atomic mass is 16.5. The molecule has 0 radical (unpaired) electrons. The lowest BCUT2D eigenvalue weighted by Gasteiger charge is -2.30. The van der Waals surface area contributed by atoms with Gasteiger partial charge in [0.15, 0.2) is 0 Å². The number of methoxy groups -OCH3 is 1. The minimum Gasteiger partial charge on any atom is -0.481 e. The van der Waals surface area contributed by atoms with Gasteiger partial charge in [0.1, 0.15) is 0 Å². The Kier molecular flexibility index (Phi) is 3.09. The number of carbonyl (C=O) groups is 1. The van der Waals surface area contributed by atoms with Gasteiger partial charge in [0.25, 0.3) is 0 Å². The largest absolute Gasteiger partial charge is 0.481 e. The lowest BCUT2D eigenvalue weighted by Crippen LogP contribution is -2.31. The van der Waals surface area contributed by atoms with E-state index in [4.69, 9.17) is 9.84 Å². The molecule has 0 saturated heterocycles. The van der Waals surface area contributed by atoms with Crippen molar-refractivity contribution in [1.82, 2.24) is 0 Å². The summed E-state index contributed by atoms with van der Waals surface area (Å²) in [6, 6.07) is 0. The smallest absolute Gasteiger partial charge is 0.306 e. The van der Waals surface area contributed by atoms with Crippen molar-refractivity contribution in [1.29, 1.82) is 0 Å². The van der Waals surface area contributed by atoms with Crippen molar-refractivity contribution in [3.8, 4) is 0 Å². The molecule has 0 spiro atoms. The molecule has 0 aromatic rings. The van der Waals surface area contributed by atoms with Gasteiger partial charge in [-0.3, -0.25) is 4.79 Å². The Morgan fingerprint density at radius 3 is 2.58 bits per heavy atom. The number of hydrogen-bond acceptors (Lipinski definition) is 2. The van der Waals surface area contributed by atoms with E-state index >= 15 is 0 Å². The Morgan fingerprint density at radius 2 is 2.17 bits per heavy atom. The zero-order valence-corrected chi connectivity index (χ0v) is 7.62. The van der Waals surface area contributed by atoms with Gasteiger partial charge in [-0.25, -0.2) is 0 Å². The summed E-state index contributed by atoms with van der Waals surface area (Å²) in [6.45, 7) is 1.99. The number of aliphatic carboxylic acids is 1. The van der Waals surface area contributed by atoms with Gasteiger partial charge >= 0.3 is 5.97 Å². The van der Waals surface area contributed by atoms with E-state index in [2.05, 4.69) is 0 Å². The van der Waals surface area contributed by atoms with Crippen LogP contribution in [0.25, 0.3) is 0 Å². The van der Waals surface area contributed by atoms with Crippen LogP contribution in [0.4, 0.5) is 0 Å². The molecule has 0 bridgehead atoms. The van der Waals surface area contributed by atoms with E-state index in [0.29, 0.717) is 0 Å². The van der Waals surface area contributed by atoms with Gasteiger partial charge in [0.2, 0.25) is 0 Å². The van der Waals surface area contributed by atoms with Gasteiger partial charge in [0, 0.05) is 7.11 Å². The Balaban J connectivity index is 2.47. The van der Waals surface area contributed by atoms with Crippen LogP contribution in [-0.2, 0) is 9.53 Å². The van der Waals surface area contributed by atoms with Crippen LogP contribution in [0.15, 0.2) is 0 Å². The Morgan fingerprint density at radius 1 is 1.50 bits per heavy atom. The highest BCUT2D eigenvalue weighted by molar-refractivity contribution is 5.70. The molecular weight excluding hydrogens is 156 g/mol. The maximum absolute atomic E-state index is 10.7. The van der Waals surface area contributed by atoms with Gasteiger partial charge in [0.05, 0.1) is 12.0 Å². The van der Waals surface area contributed by atoms with E-state index in [1.165, 1.54) is 0 Å². The molecule has 1 saturated carbocycles. The summed E-state index contributed by atoms with van der Waals surface area (Å²) in [4.78, 5) is 10.7. The van der Waals surface area contributed by atoms with E-state index < -0.39 is 5.97 Å². The van der Waals surface area contributed by atoms with E-state index in [9.17, 15) is 4.79 Å². The van der Waals surface area contributed by atoms with Crippen molar-refractivity contribution >= 4 is 5.97 Å². The number of rotatable bonds is 2. The lowest BCUT2D eigenvalue weighted by atomic mass is 9.79. The summed E-state index contributed by atoms with van der Waals surface area (Å²) in [7, 11) is 1.69. The number of carboxylic acids is 1. The molecule has 1 rings (SSSR count). The fraction of sp³-hybridized carbons (Fsp3) is 0.889. The molecule has 0 aliphatic heterocycles. The van der Waals surface area contributed by atoms with E-state index in [1.54, 1.807) is 7.11 Å². The number of hydrogen-bond donors (Lipinski definition) is 1. The van der Waals surface area contributed by atoms with E-state index in [0.717, 1.165) is 19.3 Å². The first-order valence-electron chi connectivity index (χ1n) is 4.40. The summed E-state index contributed by atoms with van der Waals surface area (Å²) in [6.07, 6.45) is 2.80. The van der Waals surface area contributed by atoms with Crippen LogP contribution in [0.3, 0.4) is 0 Å². The average molecular weight is 172 g/mol. The predicted molar refractivity (Wildman–Crippen MR) is 44.9 cm³/mol. The highest BCUT2D eigenvalue weighted by Crippen LogP contribution is 2.31. The molecule has 1 N–H and O–H groups in total. The molecule has 3 nitrogen and oxygen atoms in total. The lowest BCUT2D eigenvalue weighted by molar-refractivity contribution is -0.145. The maximum Gasteiger partial charge on any atom is 0.306 e. The van der Waals surface area contributed by atoms with Crippen molar-refractivity contribution in [3.05, 3.63) is 0 Å². The third-order valence-corrected chi connectivity index (χ3v) is 2.77. The molecule has 1 aliphatic rings. The minimum absolute atomic E-state index is 0.156. The Bertz CT molecular complexity index is 167. The fourth-order valence-electron chi connectivity index (χ4n) is 1.93. The third kappa shape index (κ3) is 1.97. The standard InChI is InChI=1S/C9H16O3/c1-6-5-7(12-2)3-4-8(6)9(10)11/h6-8H,3-5H2,1-2H3,(H,10,11). The molecule has 70 valence electrons. The quantitative estimate of drug-likeness (QED) is 0.687. The number of ether oxygens (including phenoxy) is 1. The van der Waals surface area contributed by atoms with E-state index in [-0.39, 0.29) is 17.9 Å². The third-order valence-electron chi connectivity index (χ3n) is 2.77. The summed E-state index contributed by atoms with van der Waals surface area (Å²) < 4.78 is 5.20. The molecule has 3 unspecified atom stereocenters. The second-order valence-electron chi connectivity index (χ2n) is 3.59. The highest BCUT2D eigenvalue weighted by Gasteiger charge is 2.31. The molecule has 12 heavy (non-hydrogen) atoms. The summed E-state index contributed by atoms with van der Waals surface area (Å²) in [5.74, 6) is -0.561. The first kappa shape index (κ1) is 9.52. The molecule has 3 heteroatoms. The van der Waals surface area contributed by atoms with Gasteiger partial charge in [-0.05, 0) is 25.2 Å². The molecule has 0 aromatic heterocycles. The van der Waals surface area contributed by atoms with Gasteiger partial charge in [-0.2, -0.15) is 0 Å². The summed E-state index contributed by atoms with van der Waals surface area (Å²) in [5, 5.41) is 8.83. The molecule has 3 atom stereocenters. The topological polar surface area (TPSA) is 46.5 Å². The molecule has 0 amide bonds. The van der Waals surface area contributed by atoms with E-state index in [1.807, 2.05) is 6.92 Å². The fourth-order valence-corrected chi connectivity index (χ4v) is 1.93. The van der Waals surface area contributed by atoms with Crippen LogP contribution < -0.4 is 0 Å². The molecule has 1 aliphatic carbocycles. The zero-order valence-electron chi connectivity index (χ0n) is 7.62. The summed E-state index contributed by atoms with van der Waals surface area (Å²) in [5.41, 5.74) is 0. The summed E-state index contributed by atoms with van der Waals surface area (Å²) >= 11 is 0. The normalized spacial score (nSPS) is 36.3. The Hall–Kier alpha value is -0.570. The van der Waals surface area contributed by atoms with Gasteiger partial charge in [-0.1, -0.05) is 6.92 Å². The van der Waals surface area contributed by atoms with Crippen LogP contribution >= 0.6 is 0 Å². The maximum atomic E-state index is 10.7. The SMILES string of the molecule is COC1CCC(C(=O)O)C(C)C1. The minimum atomic E-state index is -0.656. The average Bonchev–Trinajstić information content (AvgIpc) is 2.03. The zero-order chi connectivity index (χ0) is 9.14. The van der Waals surface area contributed by atoms with Crippen molar-refractivity contribution < 1.29 is 14.6 Å². The van der Waals surface area contributed by atoms with Gasteiger partial charge < -0.3 is 9.84 Å². The Labute approximate surface area is 72.7 Å². The number of carboxylic acid groups (broad SMARTS) is 1. The predicted octanol–water partition coefficient (Wildman–Crippen LogP) is 1.52. The van der Waals surface area contributed by atoms with Crippen molar-refractivity contribution in [2.75, 3.05) is 7.11 Å². The van der Waals surface area contributed by atoms with Crippen LogP contribution in [0.5, 0.6) is 0 Å².